The molecule has 2 aromatic carbocycles. The van der Waals surface area contributed by atoms with E-state index in [4.69, 9.17) is 0 Å². The van der Waals surface area contributed by atoms with E-state index in [-0.39, 0.29) is 88.2 Å². The van der Waals surface area contributed by atoms with Gasteiger partial charge in [0.2, 0.25) is 5.91 Å². The van der Waals surface area contributed by atoms with Crippen LogP contribution in [-0.4, -0.2) is 58.1 Å². The molecule has 0 unspecified atom stereocenters. The summed E-state index contributed by atoms with van der Waals surface area (Å²) in [6.07, 6.45) is 2.26. The quantitative estimate of drug-likeness (QED) is 0.155. The predicted molar refractivity (Wildman–Crippen MR) is 121 cm³/mol. The van der Waals surface area contributed by atoms with Gasteiger partial charge >= 0.3 is 65.1 Å². The Morgan fingerprint density at radius 3 is 1.69 bits per heavy atom. The van der Waals surface area contributed by atoms with Gasteiger partial charge in [-0.1, -0.05) is 24.3 Å². The van der Waals surface area contributed by atoms with Crippen molar-refractivity contribution >= 4 is 55.7 Å². The largest absolute Gasteiger partial charge is 1.00 e. The van der Waals surface area contributed by atoms with Gasteiger partial charge in [-0.05, 0) is 42.3 Å². The minimum absolute atomic E-state index is 0. The SMILES string of the molecule is CCNC(=O)Nc1ccc(C=Cc2ccc(NC(=O)COC)cc2S(=O)(=O)[O-])c(S(=O)(=O)[O-])c1.[Na+].[Na+]. The number of urea groups is 1. The molecule has 0 heterocycles. The molecule has 3 amide bonds. The molecule has 0 spiro atoms. The monoisotopic (exact) mass is 557 g/mol. The molecule has 2 rings (SSSR count). The third-order valence-electron chi connectivity index (χ3n) is 4.16. The molecule has 36 heavy (non-hydrogen) atoms. The second-order valence-corrected chi connectivity index (χ2v) is 9.41. The van der Waals surface area contributed by atoms with E-state index in [0.29, 0.717) is 6.54 Å². The molecule has 0 radical (unpaired) electrons. The smallest absolute Gasteiger partial charge is 0.744 e. The number of hydrogen-bond acceptors (Lipinski definition) is 9. The standard InChI is InChI=1S/C20H23N3O9S2.2Na/c1-3-21-20(25)23-16-9-7-14(18(11-16)34(29,30)31)5-4-13-6-8-15(22-19(24)12-32-2)10-17(13)33(26,27)28;;/h4-11H,3,12H2,1-2H3,(H,22,24)(H2,21,23,25)(H,26,27,28)(H,29,30,31);;/q;2*+1/p-2. The Morgan fingerprint density at radius 2 is 1.31 bits per heavy atom. The first-order valence-corrected chi connectivity index (χ1v) is 12.4. The molecule has 0 atom stereocenters. The van der Waals surface area contributed by atoms with Gasteiger partial charge in [0.1, 0.15) is 26.8 Å². The van der Waals surface area contributed by atoms with Crippen LogP contribution in [0.4, 0.5) is 16.2 Å². The molecule has 3 N–H and O–H groups in total. The van der Waals surface area contributed by atoms with Crippen molar-refractivity contribution in [3.63, 3.8) is 0 Å². The van der Waals surface area contributed by atoms with Gasteiger partial charge in [-0.15, -0.1) is 0 Å². The van der Waals surface area contributed by atoms with E-state index in [1.165, 1.54) is 31.4 Å². The number of carbonyl (C=O) groups excluding carboxylic acids is 2. The molecule has 0 aromatic heterocycles. The Kier molecular flexibility index (Phi) is 14.6. The van der Waals surface area contributed by atoms with Gasteiger partial charge in [-0.2, -0.15) is 0 Å². The van der Waals surface area contributed by atoms with Gasteiger partial charge in [-0.3, -0.25) is 4.79 Å². The Hall–Kier alpha value is -1.30. The zero-order chi connectivity index (χ0) is 25.5. The van der Waals surface area contributed by atoms with E-state index in [2.05, 4.69) is 20.7 Å². The van der Waals surface area contributed by atoms with E-state index < -0.39 is 42.0 Å². The molecule has 2 aromatic rings. The van der Waals surface area contributed by atoms with E-state index >= 15 is 0 Å². The summed E-state index contributed by atoms with van der Waals surface area (Å²) in [5.41, 5.74) is -0.157. The van der Waals surface area contributed by atoms with Crippen molar-refractivity contribution in [2.45, 2.75) is 16.7 Å². The third-order valence-corrected chi connectivity index (χ3v) is 5.95. The van der Waals surface area contributed by atoms with Gasteiger partial charge in [0.05, 0.1) is 9.79 Å². The van der Waals surface area contributed by atoms with Crippen LogP contribution < -0.4 is 75.1 Å². The van der Waals surface area contributed by atoms with E-state index in [1.54, 1.807) is 6.92 Å². The maximum Gasteiger partial charge on any atom is 1.00 e. The van der Waals surface area contributed by atoms with Gasteiger partial charge < -0.3 is 29.8 Å². The maximum absolute atomic E-state index is 11.7. The van der Waals surface area contributed by atoms with Crippen molar-refractivity contribution in [1.29, 1.82) is 0 Å². The van der Waals surface area contributed by atoms with Gasteiger partial charge in [-0.25, -0.2) is 21.6 Å². The molecule has 16 heteroatoms. The number of anilines is 2. The molecular weight excluding hydrogens is 536 g/mol. The topological polar surface area (TPSA) is 194 Å². The Labute approximate surface area is 253 Å². The van der Waals surface area contributed by atoms with E-state index in [1.807, 2.05) is 0 Å². The maximum atomic E-state index is 11.7. The first-order chi connectivity index (χ1) is 15.8. The molecule has 0 bridgehead atoms. The minimum atomic E-state index is -4.99. The summed E-state index contributed by atoms with van der Waals surface area (Å²) in [5, 5.41) is 7.18. The second-order valence-electron chi connectivity index (χ2n) is 6.71. The minimum Gasteiger partial charge on any atom is -0.744 e. The van der Waals surface area contributed by atoms with Crippen molar-refractivity contribution in [1.82, 2.24) is 5.32 Å². The van der Waals surface area contributed by atoms with Crippen LogP contribution in [0.1, 0.15) is 18.1 Å². The fraction of sp³-hybridized carbons (Fsp3) is 0.200. The van der Waals surface area contributed by atoms with Crippen LogP contribution in [0.3, 0.4) is 0 Å². The molecule has 0 aliphatic heterocycles. The molecule has 0 aliphatic rings. The Morgan fingerprint density at radius 1 is 0.861 bits per heavy atom. The van der Waals surface area contributed by atoms with E-state index in [9.17, 15) is 35.5 Å². The number of nitrogens with one attached hydrogen (secondary N) is 3. The number of benzene rings is 2. The van der Waals surface area contributed by atoms with Crippen molar-refractivity contribution in [3.05, 3.63) is 47.5 Å². The van der Waals surface area contributed by atoms with Crippen LogP contribution in [0.25, 0.3) is 12.2 Å². The summed E-state index contributed by atoms with van der Waals surface area (Å²) < 4.78 is 75.1. The van der Waals surface area contributed by atoms with Gasteiger partial charge in [0.15, 0.2) is 0 Å². The molecule has 0 aliphatic carbocycles. The summed E-state index contributed by atoms with van der Waals surface area (Å²) in [7, 11) is -8.68. The fourth-order valence-corrected chi connectivity index (χ4v) is 4.17. The summed E-state index contributed by atoms with van der Waals surface area (Å²) in [4.78, 5) is 21.9. The zero-order valence-electron chi connectivity index (χ0n) is 20.0. The summed E-state index contributed by atoms with van der Waals surface area (Å²) in [5.74, 6) is -0.577. The average molecular weight is 558 g/mol. The van der Waals surface area contributed by atoms with Crippen molar-refractivity contribution in [2.75, 3.05) is 30.9 Å². The fourth-order valence-electron chi connectivity index (χ4n) is 2.78. The van der Waals surface area contributed by atoms with E-state index in [0.717, 1.165) is 24.3 Å². The predicted octanol–water partition coefficient (Wildman–Crippen LogP) is -4.60. The van der Waals surface area contributed by atoms with Crippen LogP contribution in [0.15, 0.2) is 46.2 Å². The van der Waals surface area contributed by atoms with Crippen molar-refractivity contribution < 1.29 is 99.4 Å². The molecule has 12 nitrogen and oxygen atoms in total. The molecular formula is C20H21N3Na2O9S2. The Balaban J connectivity index is 0.00000612. The summed E-state index contributed by atoms with van der Waals surface area (Å²) in [6, 6.07) is 6.41. The van der Waals surface area contributed by atoms with Gasteiger partial charge in [0.25, 0.3) is 0 Å². The van der Waals surface area contributed by atoms with Crippen LogP contribution in [0, 0.1) is 0 Å². The summed E-state index contributed by atoms with van der Waals surface area (Å²) in [6.45, 7) is 1.70. The molecule has 0 fully saturated rings. The zero-order valence-corrected chi connectivity index (χ0v) is 25.7. The number of amides is 3. The van der Waals surface area contributed by atoms with Crippen molar-refractivity contribution in [2.24, 2.45) is 0 Å². The molecule has 0 saturated heterocycles. The van der Waals surface area contributed by atoms with Gasteiger partial charge in [0, 0.05) is 25.0 Å². The number of hydrogen-bond donors (Lipinski definition) is 3. The summed E-state index contributed by atoms with van der Waals surface area (Å²) >= 11 is 0. The molecule has 184 valence electrons. The molecule has 0 saturated carbocycles. The van der Waals surface area contributed by atoms with Crippen molar-refractivity contribution in [3.8, 4) is 0 Å². The van der Waals surface area contributed by atoms with Crippen LogP contribution >= 0.6 is 0 Å². The second kappa shape index (κ2) is 15.2. The Bertz CT molecular complexity index is 1230. The number of rotatable bonds is 9. The number of carbonyl (C=O) groups is 2. The average Bonchev–Trinajstić information content (AvgIpc) is 2.72. The third kappa shape index (κ3) is 10.6. The van der Waals surface area contributed by atoms with Crippen LogP contribution in [-0.2, 0) is 29.8 Å². The van der Waals surface area contributed by atoms with Crippen LogP contribution in [0.2, 0.25) is 0 Å². The number of methoxy groups -OCH3 is 1. The first-order valence-electron chi connectivity index (χ1n) is 9.56. The van der Waals surface area contributed by atoms with Crippen LogP contribution in [0.5, 0.6) is 0 Å². The number of ether oxygens (including phenoxy) is 1. The normalized spacial score (nSPS) is 11.2. The first kappa shape index (κ1) is 34.7.